The molecule has 1 heterocycles. The van der Waals surface area contributed by atoms with Crippen molar-refractivity contribution in [2.75, 3.05) is 19.3 Å². The summed E-state index contributed by atoms with van der Waals surface area (Å²) in [4.78, 5) is 43.9. The van der Waals surface area contributed by atoms with E-state index in [1.807, 2.05) is 0 Å². The van der Waals surface area contributed by atoms with Crippen molar-refractivity contribution >= 4 is 19.4 Å². The van der Waals surface area contributed by atoms with Gasteiger partial charge in [0.15, 0.2) is 0 Å². The van der Waals surface area contributed by atoms with Crippen LogP contribution in [0.25, 0.3) is 0 Å². The molecule has 25 heavy (non-hydrogen) atoms. The molecule has 1 aliphatic carbocycles. The summed E-state index contributed by atoms with van der Waals surface area (Å²) >= 11 is 0. The molecule has 8 heteroatoms. The summed E-state index contributed by atoms with van der Waals surface area (Å²) in [6.07, 6.45) is 8.11. The first-order chi connectivity index (χ1) is 11.8. The minimum Gasteiger partial charge on any atom is -0.345 e. The molecular weight excluding hydrogens is 343 g/mol. The third-order valence-corrected chi connectivity index (χ3v) is 6.39. The fraction of sp³-hybridized carbons (Fsp3) is 0.882. The topological polar surface area (TPSA) is 107 Å². The maximum absolute atomic E-state index is 12.7. The molecule has 0 spiro atoms. The monoisotopic (exact) mass is 374 g/mol. The molecular formula is C17H31N2O5P. The van der Waals surface area contributed by atoms with E-state index < -0.39 is 19.8 Å². The molecule has 1 saturated carbocycles. The van der Waals surface area contributed by atoms with Gasteiger partial charge in [0.1, 0.15) is 6.04 Å². The minimum absolute atomic E-state index is 0.0365. The van der Waals surface area contributed by atoms with E-state index in [1.165, 1.54) is 39.0 Å². The largest absolute Gasteiger partial charge is 0.345 e. The van der Waals surface area contributed by atoms with Crippen molar-refractivity contribution in [2.45, 2.75) is 64.3 Å². The summed E-state index contributed by atoms with van der Waals surface area (Å²) in [5.74, 6) is 0.886. The van der Waals surface area contributed by atoms with Gasteiger partial charge >= 0.3 is 7.60 Å². The molecule has 0 aromatic carbocycles. The maximum atomic E-state index is 12.7. The highest BCUT2D eigenvalue weighted by molar-refractivity contribution is 7.51. The molecule has 2 amide bonds. The van der Waals surface area contributed by atoms with Crippen molar-refractivity contribution in [3.63, 3.8) is 0 Å². The molecule has 0 aromatic rings. The first-order valence-electron chi connectivity index (χ1n) is 9.37. The molecule has 7 nitrogen and oxygen atoms in total. The van der Waals surface area contributed by atoms with Crippen LogP contribution in [0.1, 0.15) is 58.3 Å². The van der Waals surface area contributed by atoms with Crippen molar-refractivity contribution in [1.29, 1.82) is 0 Å². The quantitative estimate of drug-likeness (QED) is 0.616. The van der Waals surface area contributed by atoms with Gasteiger partial charge in [0, 0.05) is 20.0 Å². The predicted molar refractivity (Wildman–Crippen MR) is 95.0 cm³/mol. The van der Waals surface area contributed by atoms with E-state index >= 15 is 0 Å². The average Bonchev–Trinajstić information content (AvgIpc) is 2.58. The van der Waals surface area contributed by atoms with Crippen LogP contribution in [-0.4, -0.2) is 51.8 Å². The van der Waals surface area contributed by atoms with Crippen molar-refractivity contribution in [3.05, 3.63) is 0 Å². The van der Waals surface area contributed by atoms with Crippen LogP contribution in [0.3, 0.4) is 0 Å². The fourth-order valence-corrected chi connectivity index (χ4v) is 4.81. The van der Waals surface area contributed by atoms with E-state index in [1.54, 1.807) is 4.90 Å². The molecule has 0 bridgehead atoms. The third-order valence-electron chi connectivity index (χ3n) is 5.55. The van der Waals surface area contributed by atoms with E-state index in [0.29, 0.717) is 19.0 Å². The summed E-state index contributed by atoms with van der Waals surface area (Å²) < 4.78 is 11.1. The molecule has 0 aromatic heterocycles. The lowest BCUT2D eigenvalue weighted by molar-refractivity contribution is -0.137. The smallest absolute Gasteiger partial charge is 0.325 e. The molecule has 144 valence electrons. The summed E-state index contributed by atoms with van der Waals surface area (Å²) in [6.45, 7) is 2.66. The Labute approximate surface area is 149 Å². The molecule has 1 atom stereocenters. The Hall–Kier alpha value is -0.910. The van der Waals surface area contributed by atoms with Gasteiger partial charge in [0.05, 0.1) is 6.16 Å². The lowest BCUT2D eigenvalue weighted by Crippen LogP contribution is -2.51. The Morgan fingerprint density at radius 2 is 1.64 bits per heavy atom. The summed E-state index contributed by atoms with van der Waals surface area (Å²) in [7, 11) is -4.19. The van der Waals surface area contributed by atoms with Gasteiger partial charge in [-0.1, -0.05) is 32.1 Å². The third kappa shape index (κ3) is 6.72. The Balaban J connectivity index is 1.88. The second-order valence-electron chi connectivity index (χ2n) is 7.49. The molecule has 0 radical (unpaired) electrons. The highest BCUT2D eigenvalue weighted by Crippen LogP contribution is 2.37. The summed E-state index contributed by atoms with van der Waals surface area (Å²) in [5, 5.41) is 2.55. The number of rotatable bonds is 6. The van der Waals surface area contributed by atoms with Crippen molar-refractivity contribution < 1.29 is 23.9 Å². The van der Waals surface area contributed by atoms with E-state index in [-0.39, 0.29) is 18.2 Å². The molecule has 2 rings (SSSR count). The highest BCUT2D eigenvalue weighted by Gasteiger charge is 2.32. The summed E-state index contributed by atoms with van der Waals surface area (Å²) in [6, 6.07) is -0.851. The molecule has 1 unspecified atom stereocenters. The molecule has 2 fully saturated rings. The number of hydrogen-bond acceptors (Lipinski definition) is 3. The van der Waals surface area contributed by atoms with Crippen LogP contribution in [0.2, 0.25) is 0 Å². The fourth-order valence-electron chi connectivity index (χ4n) is 4.22. The predicted octanol–water partition coefficient (Wildman–Crippen LogP) is 1.88. The van der Waals surface area contributed by atoms with Crippen molar-refractivity contribution in [1.82, 2.24) is 10.2 Å². The Bertz CT molecular complexity index is 507. The normalized spacial score (nSPS) is 21.8. The first-order valence-corrected chi connectivity index (χ1v) is 11.2. The zero-order chi connectivity index (χ0) is 18.4. The standard InChI is InChI=1S/C17H31N2O5P/c1-13(20)18-16(9-12-25(22,23)24)17(21)19-10-7-15(8-11-19)14-5-3-2-4-6-14/h14-16H,2-12H2,1H3,(H,18,20)(H2,22,23,24). The van der Waals surface area contributed by atoms with Gasteiger partial charge in [-0.2, -0.15) is 0 Å². The Kier molecular flexibility index (Phi) is 7.47. The zero-order valence-corrected chi connectivity index (χ0v) is 15.9. The van der Waals surface area contributed by atoms with Gasteiger partial charge < -0.3 is 20.0 Å². The van der Waals surface area contributed by atoms with Crippen LogP contribution in [0.5, 0.6) is 0 Å². The maximum Gasteiger partial charge on any atom is 0.325 e. The second-order valence-corrected chi connectivity index (χ2v) is 9.27. The van der Waals surface area contributed by atoms with E-state index in [4.69, 9.17) is 9.79 Å². The summed E-state index contributed by atoms with van der Waals surface area (Å²) in [5.41, 5.74) is 0. The average molecular weight is 374 g/mol. The van der Waals surface area contributed by atoms with Crippen LogP contribution in [0.4, 0.5) is 0 Å². The first kappa shape index (κ1) is 20.4. The van der Waals surface area contributed by atoms with Gasteiger partial charge in [-0.15, -0.1) is 0 Å². The second kappa shape index (κ2) is 9.15. The lowest BCUT2D eigenvalue weighted by Gasteiger charge is -2.38. The number of carbonyl (C=O) groups is 2. The van der Waals surface area contributed by atoms with Crippen LogP contribution in [0, 0.1) is 11.8 Å². The van der Waals surface area contributed by atoms with E-state index in [9.17, 15) is 14.2 Å². The number of nitrogens with zero attached hydrogens (tertiary/aromatic N) is 1. The lowest BCUT2D eigenvalue weighted by atomic mass is 9.76. The number of nitrogens with one attached hydrogen (secondary N) is 1. The molecule has 1 saturated heterocycles. The highest BCUT2D eigenvalue weighted by atomic mass is 31.2. The minimum atomic E-state index is -4.19. The van der Waals surface area contributed by atoms with Crippen LogP contribution in [-0.2, 0) is 14.2 Å². The SMILES string of the molecule is CC(=O)NC(CCP(=O)(O)O)C(=O)N1CCC(C2CCCCC2)CC1. The molecule has 3 N–H and O–H groups in total. The van der Waals surface area contributed by atoms with Gasteiger partial charge in [-0.05, 0) is 31.1 Å². The number of amides is 2. The van der Waals surface area contributed by atoms with Crippen LogP contribution >= 0.6 is 7.60 Å². The van der Waals surface area contributed by atoms with Gasteiger partial charge in [-0.3, -0.25) is 14.2 Å². The van der Waals surface area contributed by atoms with Crippen molar-refractivity contribution in [2.24, 2.45) is 11.8 Å². The zero-order valence-electron chi connectivity index (χ0n) is 15.0. The van der Waals surface area contributed by atoms with Gasteiger partial charge in [-0.25, -0.2) is 0 Å². The van der Waals surface area contributed by atoms with Crippen LogP contribution in [0.15, 0.2) is 0 Å². The molecule has 2 aliphatic rings. The van der Waals surface area contributed by atoms with Gasteiger partial charge in [0.2, 0.25) is 11.8 Å². The van der Waals surface area contributed by atoms with Crippen LogP contribution < -0.4 is 5.32 Å². The number of piperidine rings is 1. The van der Waals surface area contributed by atoms with Gasteiger partial charge in [0.25, 0.3) is 0 Å². The van der Waals surface area contributed by atoms with Crippen molar-refractivity contribution in [3.8, 4) is 0 Å². The van der Waals surface area contributed by atoms with E-state index in [0.717, 1.165) is 18.8 Å². The molecule has 1 aliphatic heterocycles. The van der Waals surface area contributed by atoms with E-state index in [2.05, 4.69) is 5.32 Å². The Morgan fingerprint density at radius 3 is 2.16 bits per heavy atom. The number of carbonyl (C=O) groups excluding carboxylic acids is 2. The Morgan fingerprint density at radius 1 is 1.08 bits per heavy atom. The number of likely N-dealkylation sites (tertiary alicyclic amines) is 1. The number of hydrogen-bond donors (Lipinski definition) is 3.